The van der Waals surface area contributed by atoms with E-state index < -0.39 is 23.9 Å². The summed E-state index contributed by atoms with van der Waals surface area (Å²) in [5, 5.41) is 9.35. The lowest BCUT2D eigenvalue weighted by Gasteiger charge is -2.39. The maximum Gasteiger partial charge on any atom is 0.326 e. The number of carboxylic acids is 1. The molecule has 0 radical (unpaired) electrons. The molecule has 1 heterocycles. The van der Waals surface area contributed by atoms with E-state index in [9.17, 15) is 19.1 Å². The molecule has 1 aliphatic rings. The monoisotopic (exact) mass is 294 g/mol. The van der Waals surface area contributed by atoms with Gasteiger partial charge in [0.05, 0.1) is 0 Å². The van der Waals surface area contributed by atoms with E-state index in [4.69, 9.17) is 0 Å². The SMILES string of the molecule is CC1CCCN(C(=O)N(C)c2cccc(F)c2)C1C(=O)O. The first-order chi connectivity index (χ1) is 9.91. The van der Waals surface area contributed by atoms with Gasteiger partial charge in [-0.3, -0.25) is 4.90 Å². The van der Waals surface area contributed by atoms with Gasteiger partial charge < -0.3 is 10.0 Å². The molecule has 0 aliphatic carbocycles. The lowest BCUT2D eigenvalue weighted by atomic mass is 9.91. The predicted molar refractivity (Wildman–Crippen MR) is 76.7 cm³/mol. The van der Waals surface area contributed by atoms with Gasteiger partial charge in [-0.2, -0.15) is 0 Å². The number of carboxylic acid groups (broad SMARTS) is 1. The smallest absolute Gasteiger partial charge is 0.326 e. The number of rotatable bonds is 2. The maximum atomic E-state index is 13.3. The van der Waals surface area contributed by atoms with Gasteiger partial charge in [0.15, 0.2) is 0 Å². The second kappa shape index (κ2) is 6.11. The molecule has 0 saturated carbocycles. The van der Waals surface area contributed by atoms with Gasteiger partial charge in [-0.1, -0.05) is 13.0 Å². The van der Waals surface area contributed by atoms with Crippen molar-refractivity contribution in [2.24, 2.45) is 5.92 Å². The Morgan fingerprint density at radius 2 is 2.14 bits per heavy atom. The number of anilines is 1. The van der Waals surface area contributed by atoms with Gasteiger partial charge in [-0.05, 0) is 37.0 Å². The molecule has 1 aromatic carbocycles. The third-order valence-electron chi connectivity index (χ3n) is 3.91. The van der Waals surface area contributed by atoms with E-state index in [0.717, 1.165) is 12.8 Å². The average molecular weight is 294 g/mol. The number of hydrogen-bond donors (Lipinski definition) is 1. The molecule has 1 saturated heterocycles. The van der Waals surface area contributed by atoms with Crippen LogP contribution in [0.1, 0.15) is 19.8 Å². The Labute approximate surface area is 123 Å². The van der Waals surface area contributed by atoms with E-state index in [1.54, 1.807) is 6.07 Å². The van der Waals surface area contributed by atoms with Crippen molar-refractivity contribution in [3.05, 3.63) is 30.1 Å². The van der Waals surface area contributed by atoms with Crippen LogP contribution in [0.15, 0.2) is 24.3 Å². The van der Waals surface area contributed by atoms with E-state index >= 15 is 0 Å². The summed E-state index contributed by atoms with van der Waals surface area (Å²) in [5.41, 5.74) is 0.405. The molecular weight excluding hydrogens is 275 g/mol. The summed E-state index contributed by atoms with van der Waals surface area (Å²) >= 11 is 0. The number of carbonyl (C=O) groups excluding carboxylic acids is 1. The number of nitrogens with zero attached hydrogens (tertiary/aromatic N) is 2. The topological polar surface area (TPSA) is 60.9 Å². The molecule has 0 spiro atoms. The van der Waals surface area contributed by atoms with E-state index in [0.29, 0.717) is 12.2 Å². The predicted octanol–water partition coefficient (Wildman–Crippen LogP) is 2.57. The molecule has 1 aromatic rings. The Balaban J connectivity index is 2.23. The summed E-state index contributed by atoms with van der Waals surface area (Å²) in [7, 11) is 1.52. The summed E-state index contributed by atoms with van der Waals surface area (Å²) in [5.74, 6) is -1.53. The average Bonchev–Trinajstić information content (AvgIpc) is 2.45. The van der Waals surface area contributed by atoms with Crippen LogP contribution in [-0.2, 0) is 4.79 Å². The highest BCUT2D eigenvalue weighted by Crippen LogP contribution is 2.26. The summed E-state index contributed by atoms with van der Waals surface area (Å²) in [6, 6.07) is 4.43. The fraction of sp³-hybridized carbons (Fsp3) is 0.467. The van der Waals surface area contributed by atoms with E-state index in [1.807, 2.05) is 6.92 Å². The van der Waals surface area contributed by atoms with Gasteiger partial charge in [0.2, 0.25) is 0 Å². The van der Waals surface area contributed by atoms with Crippen LogP contribution in [0.2, 0.25) is 0 Å². The Hall–Kier alpha value is -2.11. The lowest BCUT2D eigenvalue weighted by Crippen LogP contribution is -2.55. The van der Waals surface area contributed by atoms with E-state index in [1.165, 1.54) is 35.0 Å². The van der Waals surface area contributed by atoms with Gasteiger partial charge in [0.25, 0.3) is 0 Å². The number of amides is 2. The van der Waals surface area contributed by atoms with Crippen LogP contribution in [0.25, 0.3) is 0 Å². The number of likely N-dealkylation sites (tertiary alicyclic amines) is 1. The van der Waals surface area contributed by atoms with Gasteiger partial charge in [-0.15, -0.1) is 0 Å². The highest BCUT2D eigenvalue weighted by molar-refractivity contribution is 5.94. The fourth-order valence-electron chi connectivity index (χ4n) is 2.77. The summed E-state index contributed by atoms with van der Waals surface area (Å²) in [6.45, 7) is 2.24. The number of urea groups is 1. The largest absolute Gasteiger partial charge is 0.480 e. The first-order valence-corrected chi connectivity index (χ1v) is 6.94. The Morgan fingerprint density at radius 1 is 1.43 bits per heavy atom. The summed E-state index contributed by atoms with van der Waals surface area (Å²) < 4.78 is 13.3. The Bertz CT molecular complexity index is 549. The molecule has 114 valence electrons. The van der Waals surface area contributed by atoms with Crippen molar-refractivity contribution in [1.82, 2.24) is 4.90 Å². The standard InChI is InChI=1S/C15H19FN2O3/c1-10-5-4-8-18(13(10)14(19)20)15(21)17(2)12-7-3-6-11(16)9-12/h3,6-7,9-10,13H,4-5,8H2,1-2H3,(H,19,20). The van der Waals surface area contributed by atoms with Crippen LogP contribution >= 0.6 is 0 Å². The van der Waals surface area contributed by atoms with Crippen molar-refractivity contribution < 1.29 is 19.1 Å². The number of hydrogen-bond acceptors (Lipinski definition) is 2. The lowest BCUT2D eigenvalue weighted by molar-refractivity contribution is -0.145. The number of benzene rings is 1. The van der Waals surface area contributed by atoms with Crippen LogP contribution in [0.4, 0.5) is 14.9 Å². The van der Waals surface area contributed by atoms with Gasteiger partial charge >= 0.3 is 12.0 Å². The molecular formula is C15H19FN2O3. The minimum atomic E-state index is -0.997. The molecule has 21 heavy (non-hydrogen) atoms. The second-order valence-corrected chi connectivity index (χ2v) is 5.42. The van der Waals surface area contributed by atoms with Crippen LogP contribution in [0.5, 0.6) is 0 Å². The zero-order valence-electron chi connectivity index (χ0n) is 12.1. The zero-order chi connectivity index (χ0) is 15.6. The van der Waals surface area contributed by atoms with Gasteiger partial charge in [-0.25, -0.2) is 14.0 Å². The Kier molecular flexibility index (Phi) is 4.45. The van der Waals surface area contributed by atoms with Crippen molar-refractivity contribution in [2.45, 2.75) is 25.8 Å². The van der Waals surface area contributed by atoms with Crippen LogP contribution in [0.3, 0.4) is 0 Å². The highest BCUT2D eigenvalue weighted by atomic mass is 19.1. The zero-order valence-corrected chi connectivity index (χ0v) is 12.1. The van der Waals surface area contributed by atoms with Crippen LogP contribution in [-0.4, -0.2) is 41.6 Å². The van der Waals surface area contributed by atoms with Crippen molar-refractivity contribution >= 4 is 17.7 Å². The molecule has 2 atom stereocenters. The third-order valence-corrected chi connectivity index (χ3v) is 3.91. The molecule has 1 aliphatic heterocycles. The number of aliphatic carboxylic acids is 1. The summed E-state index contributed by atoms with van der Waals surface area (Å²) in [4.78, 5) is 26.6. The molecule has 2 amide bonds. The Morgan fingerprint density at radius 3 is 2.76 bits per heavy atom. The molecule has 6 heteroatoms. The molecule has 1 fully saturated rings. The summed E-state index contributed by atoms with van der Waals surface area (Å²) in [6.07, 6.45) is 1.55. The van der Waals surface area contributed by atoms with Crippen molar-refractivity contribution in [1.29, 1.82) is 0 Å². The van der Waals surface area contributed by atoms with Crippen molar-refractivity contribution in [3.8, 4) is 0 Å². The first-order valence-electron chi connectivity index (χ1n) is 6.94. The van der Waals surface area contributed by atoms with Crippen LogP contribution < -0.4 is 4.90 Å². The maximum absolute atomic E-state index is 13.3. The van der Waals surface area contributed by atoms with Crippen molar-refractivity contribution in [3.63, 3.8) is 0 Å². The number of piperidine rings is 1. The highest BCUT2D eigenvalue weighted by Gasteiger charge is 2.38. The molecule has 2 rings (SSSR count). The molecule has 5 nitrogen and oxygen atoms in total. The molecule has 2 unspecified atom stereocenters. The number of carbonyl (C=O) groups is 2. The molecule has 0 bridgehead atoms. The van der Waals surface area contributed by atoms with E-state index in [2.05, 4.69) is 0 Å². The first kappa shape index (κ1) is 15.3. The quantitative estimate of drug-likeness (QED) is 0.912. The second-order valence-electron chi connectivity index (χ2n) is 5.42. The van der Waals surface area contributed by atoms with Crippen molar-refractivity contribution in [2.75, 3.05) is 18.5 Å². The van der Waals surface area contributed by atoms with Gasteiger partial charge in [0, 0.05) is 19.3 Å². The van der Waals surface area contributed by atoms with Gasteiger partial charge in [0.1, 0.15) is 11.9 Å². The normalized spacial score (nSPS) is 22.0. The minimum Gasteiger partial charge on any atom is -0.480 e. The third kappa shape index (κ3) is 3.15. The molecule has 1 N–H and O–H groups in total. The number of halogens is 1. The van der Waals surface area contributed by atoms with Crippen LogP contribution in [0, 0.1) is 11.7 Å². The molecule has 0 aromatic heterocycles. The fourth-order valence-corrected chi connectivity index (χ4v) is 2.77. The minimum absolute atomic E-state index is 0.0962. The van der Waals surface area contributed by atoms with E-state index in [-0.39, 0.29) is 5.92 Å².